The van der Waals surface area contributed by atoms with E-state index in [0.717, 1.165) is 0 Å². The number of esters is 1. The van der Waals surface area contributed by atoms with Crippen molar-refractivity contribution in [3.05, 3.63) is 0 Å². The molecule has 0 aromatic heterocycles. The fraction of sp³-hybridized carbons (Fsp3) is 0.727. The van der Waals surface area contributed by atoms with Crippen molar-refractivity contribution in [3.8, 4) is 0 Å². The topological polar surface area (TPSA) is 108 Å². The molecule has 20 heavy (non-hydrogen) atoms. The number of ketones is 1. The molecule has 0 radical (unpaired) electrons. The van der Waals surface area contributed by atoms with Crippen molar-refractivity contribution in [2.24, 2.45) is 5.41 Å². The number of carbonyl (C=O) groups excluding carboxylic acids is 3. The van der Waals surface area contributed by atoms with E-state index in [1.54, 1.807) is 20.8 Å². The Morgan fingerprint density at radius 3 is 2.25 bits per heavy atom. The van der Waals surface area contributed by atoms with Gasteiger partial charge in [-0.25, -0.2) is 4.79 Å². The molecular weight excluding hydrogens is 289 g/mol. The summed E-state index contributed by atoms with van der Waals surface area (Å²) in [7, 11) is -2.18. The van der Waals surface area contributed by atoms with E-state index in [1.807, 2.05) is 0 Å². The van der Waals surface area contributed by atoms with Crippen molar-refractivity contribution in [1.29, 1.82) is 0 Å². The van der Waals surface area contributed by atoms with Crippen LogP contribution in [-0.2, 0) is 28.2 Å². The number of rotatable bonds is 7. The van der Waals surface area contributed by atoms with E-state index in [9.17, 15) is 18.9 Å². The molecule has 9 heteroatoms. The van der Waals surface area contributed by atoms with Gasteiger partial charge in [-0.3, -0.25) is 14.2 Å². The second-order valence-corrected chi connectivity index (χ2v) is 6.18. The number of carbonyl (C=O) groups is 3. The monoisotopic (exact) mass is 309 g/mol. The third-order valence-corrected chi connectivity index (χ3v) is 2.41. The van der Waals surface area contributed by atoms with Crippen LogP contribution in [0.15, 0.2) is 0 Å². The Balaban J connectivity index is 3.77. The SMILES string of the molecule is C[PH](=O)OCC(=O)CNC(=O)OCOC(=O)C(C)(C)C. The van der Waals surface area contributed by atoms with Crippen LogP contribution < -0.4 is 5.32 Å². The third kappa shape index (κ3) is 9.52. The van der Waals surface area contributed by atoms with E-state index in [-0.39, 0.29) is 13.2 Å². The zero-order valence-electron chi connectivity index (χ0n) is 12.0. The summed E-state index contributed by atoms with van der Waals surface area (Å²) in [5.41, 5.74) is -0.689. The minimum absolute atomic E-state index is 0.318. The van der Waals surface area contributed by atoms with Gasteiger partial charge in [-0.2, -0.15) is 0 Å². The number of amides is 1. The van der Waals surface area contributed by atoms with Crippen LogP contribution in [0.1, 0.15) is 20.8 Å². The minimum Gasteiger partial charge on any atom is -0.427 e. The second kappa shape index (κ2) is 8.71. The van der Waals surface area contributed by atoms with Crippen LogP contribution in [0.4, 0.5) is 4.79 Å². The standard InChI is InChI=1S/C11H20NO7P/c1-11(2,3)9(14)17-7-18-10(15)12-5-8(13)6-19-20(4)16/h20H,5-7H2,1-4H3,(H,12,15). The molecule has 0 spiro atoms. The van der Waals surface area contributed by atoms with Gasteiger partial charge in [-0.1, -0.05) is 0 Å². The summed E-state index contributed by atoms with van der Waals surface area (Å²) in [6, 6.07) is 0. The molecule has 0 saturated heterocycles. The first-order valence-corrected chi connectivity index (χ1v) is 7.67. The van der Waals surface area contributed by atoms with Crippen molar-refractivity contribution in [2.45, 2.75) is 20.8 Å². The van der Waals surface area contributed by atoms with Crippen molar-refractivity contribution in [3.63, 3.8) is 0 Å². The quantitative estimate of drug-likeness (QED) is 0.423. The summed E-state index contributed by atoms with van der Waals surface area (Å²) >= 11 is 0. The Morgan fingerprint density at radius 1 is 1.15 bits per heavy atom. The van der Waals surface area contributed by atoms with Gasteiger partial charge in [0, 0.05) is 6.66 Å². The van der Waals surface area contributed by atoms with Crippen LogP contribution in [0.2, 0.25) is 0 Å². The predicted octanol–water partition coefficient (Wildman–Crippen LogP) is 0.950. The summed E-state index contributed by atoms with van der Waals surface area (Å²) in [4.78, 5) is 33.6. The molecule has 0 aliphatic heterocycles. The molecule has 1 N–H and O–H groups in total. The first-order valence-electron chi connectivity index (χ1n) is 5.86. The summed E-state index contributed by atoms with van der Waals surface area (Å²) in [6.45, 7) is 5.14. The van der Waals surface area contributed by atoms with Crippen molar-refractivity contribution >= 4 is 25.9 Å². The lowest BCUT2D eigenvalue weighted by Crippen LogP contribution is -2.33. The molecule has 0 aliphatic rings. The lowest BCUT2D eigenvalue weighted by Gasteiger charge is -2.16. The molecule has 0 fully saturated rings. The molecule has 0 bridgehead atoms. The van der Waals surface area contributed by atoms with Gasteiger partial charge in [-0.05, 0) is 20.8 Å². The average Bonchev–Trinajstić information content (AvgIpc) is 2.32. The molecule has 8 nitrogen and oxygen atoms in total. The Morgan fingerprint density at radius 2 is 1.75 bits per heavy atom. The van der Waals surface area contributed by atoms with E-state index in [2.05, 4.69) is 14.6 Å². The highest BCUT2D eigenvalue weighted by Gasteiger charge is 2.23. The molecule has 0 aliphatic carbocycles. The Bertz CT molecular complexity index is 389. The predicted molar refractivity (Wildman–Crippen MR) is 70.8 cm³/mol. The van der Waals surface area contributed by atoms with Gasteiger partial charge in [0.05, 0.1) is 12.0 Å². The van der Waals surface area contributed by atoms with E-state index in [0.29, 0.717) is 0 Å². The van der Waals surface area contributed by atoms with Crippen LogP contribution in [0.5, 0.6) is 0 Å². The molecule has 0 aromatic carbocycles. The maximum Gasteiger partial charge on any atom is 0.410 e. The fourth-order valence-corrected chi connectivity index (χ4v) is 1.17. The highest BCUT2D eigenvalue weighted by molar-refractivity contribution is 7.38. The molecule has 1 amide bonds. The average molecular weight is 309 g/mol. The summed E-state index contributed by atoms with van der Waals surface area (Å²) in [5, 5.41) is 2.15. The maximum atomic E-state index is 11.3. The van der Waals surface area contributed by atoms with Crippen LogP contribution in [0.25, 0.3) is 0 Å². The molecule has 116 valence electrons. The number of nitrogens with one attached hydrogen (secondary N) is 1. The Hall–Kier alpha value is -1.40. The number of hydrogen-bond donors (Lipinski definition) is 1. The molecule has 0 aromatic rings. The van der Waals surface area contributed by atoms with E-state index in [1.165, 1.54) is 6.66 Å². The Labute approximate surface area is 118 Å². The van der Waals surface area contributed by atoms with Crippen LogP contribution in [0.3, 0.4) is 0 Å². The molecule has 1 atom stereocenters. The number of Topliss-reactive ketones (excluding diaryl/α,β-unsaturated/α-hetero) is 1. The second-order valence-electron chi connectivity index (χ2n) is 4.90. The molecular formula is C11H20NO7P. The van der Waals surface area contributed by atoms with Gasteiger partial charge < -0.3 is 19.3 Å². The van der Waals surface area contributed by atoms with Crippen molar-refractivity contribution < 1.29 is 32.9 Å². The van der Waals surface area contributed by atoms with Gasteiger partial charge in [-0.15, -0.1) is 0 Å². The first-order chi connectivity index (χ1) is 9.12. The maximum absolute atomic E-state index is 11.3. The van der Waals surface area contributed by atoms with Crippen molar-refractivity contribution in [2.75, 3.05) is 26.6 Å². The van der Waals surface area contributed by atoms with Gasteiger partial charge in [0.2, 0.25) is 6.79 Å². The smallest absolute Gasteiger partial charge is 0.410 e. The number of hydrogen-bond acceptors (Lipinski definition) is 7. The third-order valence-electron chi connectivity index (χ3n) is 1.86. The molecule has 0 rings (SSSR count). The van der Waals surface area contributed by atoms with Gasteiger partial charge in [0.1, 0.15) is 6.61 Å². The summed E-state index contributed by atoms with van der Waals surface area (Å²) < 4.78 is 24.5. The van der Waals surface area contributed by atoms with Crippen LogP contribution >= 0.6 is 8.03 Å². The van der Waals surface area contributed by atoms with Gasteiger partial charge in [0.15, 0.2) is 13.8 Å². The summed E-state index contributed by atoms with van der Waals surface area (Å²) in [6.07, 6.45) is -0.899. The number of alkyl carbamates (subject to hydrolysis) is 1. The van der Waals surface area contributed by atoms with Gasteiger partial charge >= 0.3 is 12.1 Å². The fourth-order valence-electron chi connectivity index (χ4n) is 0.808. The highest BCUT2D eigenvalue weighted by Crippen LogP contribution is 2.15. The number of ether oxygens (including phenoxy) is 2. The zero-order valence-corrected chi connectivity index (χ0v) is 13.0. The zero-order chi connectivity index (χ0) is 15.8. The van der Waals surface area contributed by atoms with E-state index < -0.39 is 38.1 Å². The highest BCUT2D eigenvalue weighted by atomic mass is 31.1. The normalized spacial score (nSPS) is 12.4. The lowest BCUT2D eigenvalue weighted by molar-refractivity contribution is -0.161. The van der Waals surface area contributed by atoms with Gasteiger partial charge in [0.25, 0.3) is 0 Å². The lowest BCUT2D eigenvalue weighted by atomic mass is 9.98. The largest absolute Gasteiger partial charge is 0.427 e. The van der Waals surface area contributed by atoms with Crippen molar-refractivity contribution in [1.82, 2.24) is 5.32 Å². The van der Waals surface area contributed by atoms with E-state index >= 15 is 0 Å². The first kappa shape index (κ1) is 18.6. The van der Waals surface area contributed by atoms with Crippen LogP contribution in [0, 0.1) is 5.41 Å². The summed E-state index contributed by atoms with van der Waals surface area (Å²) in [5.74, 6) is -0.961. The molecule has 1 unspecified atom stereocenters. The van der Waals surface area contributed by atoms with Crippen LogP contribution in [-0.4, -0.2) is 44.5 Å². The van der Waals surface area contributed by atoms with E-state index in [4.69, 9.17) is 4.74 Å². The Kier molecular flexibility index (Phi) is 8.10. The molecule has 0 saturated carbocycles. The molecule has 0 heterocycles. The minimum atomic E-state index is -2.18.